The summed E-state index contributed by atoms with van der Waals surface area (Å²) in [6, 6.07) is 13.7. The molecule has 0 amide bonds. The molecule has 0 atom stereocenters. The minimum Gasteiger partial charge on any atom is -0.495 e. The molecule has 0 spiro atoms. The fourth-order valence-corrected chi connectivity index (χ4v) is 2.33. The van der Waals surface area contributed by atoms with Gasteiger partial charge in [-0.2, -0.15) is 0 Å². The Bertz CT molecular complexity index is 772. The summed E-state index contributed by atoms with van der Waals surface area (Å²) in [5, 5.41) is 5.51. The van der Waals surface area contributed by atoms with Crippen LogP contribution >= 0.6 is 0 Å². The van der Waals surface area contributed by atoms with Gasteiger partial charge in [0.25, 0.3) is 0 Å². The molecule has 2 aromatic carbocycles. The first kappa shape index (κ1) is 13.2. The van der Waals surface area contributed by atoms with Crippen molar-refractivity contribution in [2.24, 2.45) is 0 Å². The Labute approximate surface area is 123 Å². The van der Waals surface area contributed by atoms with E-state index in [2.05, 4.69) is 10.3 Å². The van der Waals surface area contributed by atoms with Crippen LogP contribution in [-0.4, -0.2) is 19.2 Å². The normalized spacial score (nSPS) is 10.4. The fraction of sp³-hybridized carbons (Fsp3) is 0.118. The van der Waals surface area contributed by atoms with Crippen molar-refractivity contribution in [3.63, 3.8) is 0 Å². The lowest BCUT2D eigenvalue weighted by atomic mass is 10.1. The lowest BCUT2D eigenvalue weighted by Gasteiger charge is -2.16. The molecule has 4 nitrogen and oxygen atoms in total. The van der Waals surface area contributed by atoms with E-state index in [1.165, 1.54) is 0 Å². The van der Waals surface area contributed by atoms with Gasteiger partial charge in [-0.1, -0.05) is 12.1 Å². The highest BCUT2D eigenvalue weighted by molar-refractivity contribution is 5.98. The molecule has 21 heavy (non-hydrogen) atoms. The van der Waals surface area contributed by atoms with E-state index in [9.17, 15) is 0 Å². The van der Waals surface area contributed by atoms with Crippen molar-refractivity contribution in [3.05, 3.63) is 54.9 Å². The minimum atomic E-state index is 0.777. The summed E-state index contributed by atoms with van der Waals surface area (Å²) in [5.74, 6) is 1.56. The van der Waals surface area contributed by atoms with E-state index in [-0.39, 0.29) is 0 Å². The second-order valence-corrected chi connectivity index (χ2v) is 4.56. The first-order chi connectivity index (χ1) is 10.3. The Kier molecular flexibility index (Phi) is 3.60. The van der Waals surface area contributed by atoms with Gasteiger partial charge in [-0.05, 0) is 30.3 Å². The number of nitrogens with zero attached hydrogens (tertiary/aromatic N) is 1. The summed E-state index contributed by atoms with van der Waals surface area (Å²) in [6.45, 7) is 0. The van der Waals surface area contributed by atoms with Crippen molar-refractivity contribution >= 4 is 22.1 Å². The van der Waals surface area contributed by atoms with Gasteiger partial charge in [0.2, 0.25) is 0 Å². The van der Waals surface area contributed by atoms with Crippen LogP contribution in [0.5, 0.6) is 11.5 Å². The number of anilines is 2. The highest BCUT2D eigenvalue weighted by Crippen LogP contribution is 2.37. The van der Waals surface area contributed by atoms with Gasteiger partial charge >= 0.3 is 0 Å². The molecule has 0 bridgehead atoms. The fourth-order valence-electron chi connectivity index (χ4n) is 2.33. The molecule has 0 saturated carbocycles. The predicted octanol–water partition coefficient (Wildman–Crippen LogP) is 4.00. The maximum absolute atomic E-state index is 5.48. The zero-order valence-electron chi connectivity index (χ0n) is 12.0. The highest BCUT2D eigenvalue weighted by atomic mass is 16.5. The zero-order chi connectivity index (χ0) is 14.7. The van der Waals surface area contributed by atoms with Crippen molar-refractivity contribution in [3.8, 4) is 11.5 Å². The van der Waals surface area contributed by atoms with Crippen molar-refractivity contribution in [2.45, 2.75) is 0 Å². The number of hydrogen-bond acceptors (Lipinski definition) is 4. The number of nitrogens with one attached hydrogen (secondary N) is 1. The molecule has 0 aliphatic rings. The Morgan fingerprint density at radius 2 is 1.71 bits per heavy atom. The predicted molar refractivity (Wildman–Crippen MR) is 84.6 cm³/mol. The number of ether oxygens (including phenoxy) is 2. The van der Waals surface area contributed by atoms with Crippen molar-refractivity contribution in [1.82, 2.24) is 4.98 Å². The lowest BCUT2D eigenvalue weighted by Crippen LogP contribution is -1.98. The second-order valence-electron chi connectivity index (χ2n) is 4.56. The van der Waals surface area contributed by atoms with Crippen LogP contribution in [0.25, 0.3) is 10.8 Å². The summed E-state index contributed by atoms with van der Waals surface area (Å²) in [6.07, 6.45) is 3.61. The molecule has 1 heterocycles. The summed E-state index contributed by atoms with van der Waals surface area (Å²) >= 11 is 0. The molecule has 0 unspecified atom stereocenters. The molecular formula is C17H16N2O2. The number of aromatic nitrogens is 1. The first-order valence-electron chi connectivity index (χ1n) is 6.64. The number of hydrogen-bond donors (Lipinski definition) is 1. The number of rotatable bonds is 4. The van der Waals surface area contributed by atoms with E-state index in [4.69, 9.17) is 9.47 Å². The molecular weight excluding hydrogens is 264 g/mol. The first-order valence-corrected chi connectivity index (χ1v) is 6.64. The summed E-state index contributed by atoms with van der Waals surface area (Å²) < 4.78 is 10.9. The van der Waals surface area contributed by atoms with Crippen LogP contribution in [0.1, 0.15) is 0 Å². The van der Waals surface area contributed by atoms with Crippen LogP contribution in [0.3, 0.4) is 0 Å². The smallest absolute Gasteiger partial charge is 0.142 e. The zero-order valence-corrected chi connectivity index (χ0v) is 12.0. The third-order valence-corrected chi connectivity index (χ3v) is 3.37. The van der Waals surface area contributed by atoms with E-state index >= 15 is 0 Å². The van der Waals surface area contributed by atoms with E-state index in [0.717, 1.165) is 33.6 Å². The number of para-hydroxylation sites is 2. The van der Waals surface area contributed by atoms with Crippen LogP contribution in [0.2, 0.25) is 0 Å². The molecule has 3 aromatic rings. The van der Waals surface area contributed by atoms with Gasteiger partial charge in [0.1, 0.15) is 11.5 Å². The largest absolute Gasteiger partial charge is 0.495 e. The lowest BCUT2D eigenvalue weighted by molar-refractivity contribution is 0.414. The Morgan fingerprint density at radius 1 is 0.905 bits per heavy atom. The molecule has 106 valence electrons. The van der Waals surface area contributed by atoms with Crippen LogP contribution in [0, 0.1) is 0 Å². The third-order valence-electron chi connectivity index (χ3n) is 3.37. The molecule has 0 aliphatic heterocycles. The van der Waals surface area contributed by atoms with Crippen molar-refractivity contribution in [1.29, 1.82) is 0 Å². The van der Waals surface area contributed by atoms with Gasteiger partial charge in [-0.3, -0.25) is 4.98 Å². The second kappa shape index (κ2) is 5.71. The minimum absolute atomic E-state index is 0.777. The molecule has 0 saturated heterocycles. The maximum atomic E-state index is 5.48. The van der Waals surface area contributed by atoms with Crippen molar-refractivity contribution in [2.75, 3.05) is 19.5 Å². The van der Waals surface area contributed by atoms with Crippen LogP contribution in [0.15, 0.2) is 54.9 Å². The van der Waals surface area contributed by atoms with E-state index < -0.39 is 0 Å². The molecule has 0 aliphatic carbocycles. The third kappa shape index (κ3) is 2.48. The Morgan fingerprint density at radius 3 is 2.52 bits per heavy atom. The quantitative estimate of drug-likeness (QED) is 0.784. The summed E-state index contributed by atoms with van der Waals surface area (Å²) in [4.78, 5) is 4.16. The highest BCUT2D eigenvalue weighted by Gasteiger charge is 2.10. The van der Waals surface area contributed by atoms with E-state index in [0.29, 0.717) is 0 Å². The average molecular weight is 280 g/mol. The van der Waals surface area contributed by atoms with E-state index in [1.807, 2.05) is 48.7 Å². The summed E-state index contributed by atoms with van der Waals surface area (Å²) in [7, 11) is 3.32. The number of benzene rings is 2. The van der Waals surface area contributed by atoms with Gasteiger partial charge in [-0.25, -0.2) is 0 Å². The van der Waals surface area contributed by atoms with E-state index in [1.54, 1.807) is 20.4 Å². The summed E-state index contributed by atoms with van der Waals surface area (Å²) in [5.41, 5.74) is 1.80. The van der Waals surface area contributed by atoms with Gasteiger partial charge in [0, 0.05) is 23.2 Å². The van der Waals surface area contributed by atoms with Gasteiger partial charge in [-0.15, -0.1) is 0 Å². The van der Waals surface area contributed by atoms with Crippen LogP contribution in [-0.2, 0) is 0 Å². The average Bonchev–Trinajstić information content (AvgIpc) is 2.55. The molecule has 1 N–H and O–H groups in total. The van der Waals surface area contributed by atoms with Gasteiger partial charge in [0.15, 0.2) is 0 Å². The number of pyridine rings is 1. The molecule has 4 heteroatoms. The monoisotopic (exact) mass is 280 g/mol. The van der Waals surface area contributed by atoms with Crippen molar-refractivity contribution < 1.29 is 9.47 Å². The van der Waals surface area contributed by atoms with Gasteiger partial charge in [0.05, 0.1) is 25.6 Å². The standard InChI is InChI=1S/C17H16N2O2/c1-20-15-6-4-3-5-14(15)19-17-13-9-10-18-11-12(13)7-8-16(17)21-2/h3-11,19H,1-2H3. The SMILES string of the molecule is COc1ccccc1Nc1c(OC)ccc2cnccc12. The molecule has 0 radical (unpaired) electrons. The topological polar surface area (TPSA) is 43.4 Å². The number of fused-ring (bicyclic) bond motifs is 1. The van der Waals surface area contributed by atoms with Gasteiger partial charge < -0.3 is 14.8 Å². The molecule has 1 aromatic heterocycles. The molecule has 3 rings (SSSR count). The van der Waals surface area contributed by atoms with Crippen LogP contribution < -0.4 is 14.8 Å². The molecule has 0 fully saturated rings. The maximum Gasteiger partial charge on any atom is 0.142 e. The van der Waals surface area contributed by atoms with Crippen LogP contribution in [0.4, 0.5) is 11.4 Å². The Hall–Kier alpha value is -2.75. The Balaban J connectivity index is 2.14. The number of methoxy groups -OCH3 is 2.